The van der Waals surface area contributed by atoms with Gasteiger partial charge in [-0.15, -0.1) is 0 Å². The average molecular weight is 418 g/mol. The van der Waals surface area contributed by atoms with E-state index < -0.39 is 0 Å². The van der Waals surface area contributed by atoms with Crippen LogP contribution in [0.25, 0.3) is 11.1 Å². The molecular weight excluding hydrogens is 392 g/mol. The van der Waals surface area contributed by atoms with Crippen molar-refractivity contribution >= 4 is 17.3 Å². The standard InChI is InChI=1S/C24H26N4O3/c1-4-31-24(29)12-19(16-30-3)18-7-10-22(20-14-26-28(2)15-20)23(11-18)27-21-8-5-17(13-25)6-9-21/h5-11,14-15,19,27H,4,12,16H2,1-3H3. The Morgan fingerprint density at radius 3 is 2.65 bits per heavy atom. The first-order chi connectivity index (χ1) is 15.0. The molecule has 1 N–H and O–H groups in total. The third-order valence-corrected chi connectivity index (χ3v) is 4.91. The number of aromatic nitrogens is 2. The van der Waals surface area contributed by atoms with Crippen molar-refractivity contribution < 1.29 is 14.3 Å². The molecule has 0 aliphatic carbocycles. The zero-order valence-corrected chi connectivity index (χ0v) is 18.0. The number of benzene rings is 2. The first-order valence-electron chi connectivity index (χ1n) is 10.1. The number of nitrogens with one attached hydrogen (secondary N) is 1. The largest absolute Gasteiger partial charge is 0.466 e. The fraction of sp³-hybridized carbons (Fsp3) is 0.292. The Morgan fingerprint density at radius 1 is 1.26 bits per heavy atom. The Bertz CT molecular complexity index is 1070. The Balaban J connectivity index is 1.98. The minimum atomic E-state index is -0.248. The molecule has 0 saturated carbocycles. The van der Waals surface area contributed by atoms with Crippen molar-refractivity contribution in [1.82, 2.24) is 9.78 Å². The van der Waals surface area contributed by atoms with E-state index in [0.29, 0.717) is 18.8 Å². The van der Waals surface area contributed by atoms with E-state index in [1.165, 1.54) is 0 Å². The summed E-state index contributed by atoms with van der Waals surface area (Å²) in [5.74, 6) is -0.379. The van der Waals surface area contributed by atoms with Gasteiger partial charge < -0.3 is 14.8 Å². The molecule has 0 amide bonds. The van der Waals surface area contributed by atoms with E-state index in [9.17, 15) is 4.79 Å². The van der Waals surface area contributed by atoms with Crippen molar-refractivity contribution in [2.45, 2.75) is 19.3 Å². The van der Waals surface area contributed by atoms with Gasteiger partial charge in [0.1, 0.15) is 0 Å². The predicted octanol–water partition coefficient (Wildman–Crippen LogP) is 4.39. The highest BCUT2D eigenvalue weighted by molar-refractivity contribution is 5.81. The predicted molar refractivity (Wildman–Crippen MR) is 119 cm³/mol. The number of rotatable bonds is 9. The van der Waals surface area contributed by atoms with Gasteiger partial charge in [-0.25, -0.2) is 0 Å². The summed E-state index contributed by atoms with van der Waals surface area (Å²) in [5, 5.41) is 16.8. The number of nitriles is 1. The van der Waals surface area contributed by atoms with Crippen LogP contribution >= 0.6 is 0 Å². The molecule has 7 heteroatoms. The lowest BCUT2D eigenvalue weighted by Crippen LogP contribution is -2.14. The van der Waals surface area contributed by atoms with Crippen LogP contribution in [0, 0.1) is 11.3 Å². The van der Waals surface area contributed by atoms with Crippen LogP contribution in [0.3, 0.4) is 0 Å². The SMILES string of the molecule is CCOC(=O)CC(COC)c1ccc(-c2cnn(C)c2)c(Nc2ccc(C#N)cc2)c1. The molecule has 3 aromatic rings. The van der Waals surface area contributed by atoms with Crippen LogP contribution in [0.1, 0.15) is 30.4 Å². The van der Waals surface area contributed by atoms with E-state index in [2.05, 4.69) is 16.5 Å². The highest BCUT2D eigenvalue weighted by atomic mass is 16.5. The molecule has 0 saturated heterocycles. The number of hydrogen-bond acceptors (Lipinski definition) is 6. The van der Waals surface area contributed by atoms with Gasteiger partial charge in [0.25, 0.3) is 0 Å². The summed E-state index contributed by atoms with van der Waals surface area (Å²) in [6, 6.07) is 15.5. The van der Waals surface area contributed by atoms with Crippen molar-refractivity contribution in [2.75, 3.05) is 25.6 Å². The maximum absolute atomic E-state index is 12.1. The molecule has 3 rings (SSSR count). The van der Waals surface area contributed by atoms with Crippen LogP contribution in [0.4, 0.5) is 11.4 Å². The van der Waals surface area contributed by atoms with E-state index in [-0.39, 0.29) is 18.3 Å². The van der Waals surface area contributed by atoms with Gasteiger partial charge in [-0.3, -0.25) is 9.48 Å². The number of carbonyl (C=O) groups is 1. The Kier molecular flexibility index (Phi) is 7.41. The van der Waals surface area contributed by atoms with Gasteiger partial charge in [0.05, 0.1) is 37.5 Å². The van der Waals surface area contributed by atoms with Crippen molar-refractivity contribution in [3.8, 4) is 17.2 Å². The fourth-order valence-corrected chi connectivity index (χ4v) is 3.41. The van der Waals surface area contributed by atoms with Crippen LogP contribution in [0.15, 0.2) is 54.9 Å². The molecule has 1 heterocycles. The van der Waals surface area contributed by atoms with Crippen LogP contribution in [0.2, 0.25) is 0 Å². The number of esters is 1. The van der Waals surface area contributed by atoms with Crippen LogP contribution in [0.5, 0.6) is 0 Å². The van der Waals surface area contributed by atoms with E-state index in [1.807, 2.05) is 49.8 Å². The summed E-state index contributed by atoms with van der Waals surface area (Å²) in [4.78, 5) is 12.1. The molecule has 0 fully saturated rings. The number of aryl methyl sites for hydroxylation is 1. The van der Waals surface area contributed by atoms with Gasteiger partial charge in [0.2, 0.25) is 0 Å². The van der Waals surface area contributed by atoms with E-state index >= 15 is 0 Å². The van der Waals surface area contributed by atoms with Gasteiger partial charge >= 0.3 is 5.97 Å². The lowest BCUT2D eigenvalue weighted by Gasteiger charge is -2.19. The first-order valence-corrected chi connectivity index (χ1v) is 10.1. The number of ether oxygens (including phenoxy) is 2. The second-order valence-electron chi connectivity index (χ2n) is 7.18. The lowest BCUT2D eigenvalue weighted by molar-refractivity contribution is -0.143. The second kappa shape index (κ2) is 10.4. The number of hydrogen-bond donors (Lipinski definition) is 1. The van der Waals surface area contributed by atoms with E-state index in [1.54, 1.807) is 30.8 Å². The third kappa shape index (κ3) is 5.71. The maximum atomic E-state index is 12.1. The summed E-state index contributed by atoms with van der Waals surface area (Å²) in [6.45, 7) is 2.55. The molecule has 160 valence electrons. The van der Waals surface area contributed by atoms with Gasteiger partial charge in [0, 0.05) is 48.8 Å². The summed E-state index contributed by atoms with van der Waals surface area (Å²) < 4.78 is 12.3. The van der Waals surface area contributed by atoms with Crippen LogP contribution < -0.4 is 5.32 Å². The maximum Gasteiger partial charge on any atom is 0.306 e. The number of carbonyl (C=O) groups excluding carboxylic acids is 1. The number of anilines is 2. The minimum absolute atomic E-state index is 0.131. The monoisotopic (exact) mass is 418 g/mol. The summed E-state index contributed by atoms with van der Waals surface area (Å²) in [6.07, 6.45) is 4.00. The quantitative estimate of drug-likeness (QED) is 0.519. The zero-order valence-electron chi connectivity index (χ0n) is 18.0. The van der Waals surface area contributed by atoms with Crippen LogP contribution in [-0.4, -0.2) is 36.1 Å². The molecule has 0 spiro atoms. The van der Waals surface area contributed by atoms with Crippen molar-refractivity contribution in [2.24, 2.45) is 7.05 Å². The van der Waals surface area contributed by atoms with Crippen molar-refractivity contribution in [1.29, 1.82) is 5.26 Å². The van der Waals surface area contributed by atoms with E-state index in [0.717, 1.165) is 28.1 Å². The molecule has 31 heavy (non-hydrogen) atoms. The highest BCUT2D eigenvalue weighted by Gasteiger charge is 2.19. The Morgan fingerprint density at radius 2 is 2.03 bits per heavy atom. The smallest absolute Gasteiger partial charge is 0.306 e. The molecule has 1 unspecified atom stereocenters. The van der Waals surface area contributed by atoms with Gasteiger partial charge in [0.15, 0.2) is 0 Å². The molecular formula is C24H26N4O3. The lowest BCUT2D eigenvalue weighted by atomic mass is 9.93. The first kappa shape index (κ1) is 22.1. The Hall–Kier alpha value is -3.63. The third-order valence-electron chi connectivity index (χ3n) is 4.91. The average Bonchev–Trinajstić information content (AvgIpc) is 3.20. The molecule has 0 aliphatic rings. The van der Waals surface area contributed by atoms with Gasteiger partial charge in [-0.2, -0.15) is 10.4 Å². The molecule has 0 aliphatic heterocycles. The number of methoxy groups -OCH3 is 1. The molecule has 2 aromatic carbocycles. The topological polar surface area (TPSA) is 89.2 Å². The minimum Gasteiger partial charge on any atom is -0.466 e. The van der Waals surface area contributed by atoms with Gasteiger partial charge in [-0.1, -0.05) is 12.1 Å². The summed E-state index contributed by atoms with van der Waals surface area (Å²) in [7, 11) is 3.50. The molecule has 0 radical (unpaired) electrons. The molecule has 0 bridgehead atoms. The van der Waals surface area contributed by atoms with E-state index in [4.69, 9.17) is 14.7 Å². The Labute approximate surface area is 182 Å². The van der Waals surface area contributed by atoms with Gasteiger partial charge in [-0.05, 0) is 42.8 Å². The molecule has 7 nitrogen and oxygen atoms in total. The molecule has 1 atom stereocenters. The fourth-order valence-electron chi connectivity index (χ4n) is 3.41. The zero-order chi connectivity index (χ0) is 22.2. The summed E-state index contributed by atoms with van der Waals surface area (Å²) >= 11 is 0. The van der Waals surface area contributed by atoms with Crippen LogP contribution in [-0.2, 0) is 21.3 Å². The summed E-state index contributed by atoms with van der Waals surface area (Å²) in [5.41, 5.74) is 5.25. The highest BCUT2D eigenvalue weighted by Crippen LogP contribution is 2.34. The molecule has 1 aromatic heterocycles. The normalized spacial score (nSPS) is 11.5. The van der Waals surface area contributed by atoms with Crippen molar-refractivity contribution in [3.63, 3.8) is 0 Å². The second-order valence-corrected chi connectivity index (χ2v) is 7.18. The number of nitrogens with zero attached hydrogens (tertiary/aromatic N) is 3. The van der Waals surface area contributed by atoms with Crippen molar-refractivity contribution in [3.05, 3.63) is 66.0 Å².